The van der Waals surface area contributed by atoms with E-state index in [1.165, 1.54) is 0 Å². The summed E-state index contributed by atoms with van der Waals surface area (Å²) in [4.78, 5) is 0.268. The van der Waals surface area contributed by atoms with Gasteiger partial charge in [-0.2, -0.15) is 0 Å². The van der Waals surface area contributed by atoms with Crippen LogP contribution in [0.25, 0.3) is 0 Å². The van der Waals surface area contributed by atoms with Gasteiger partial charge in [-0.25, -0.2) is 13.1 Å². The predicted octanol–water partition coefficient (Wildman–Crippen LogP) is 2.31. The van der Waals surface area contributed by atoms with E-state index in [0.29, 0.717) is 24.1 Å². The van der Waals surface area contributed by atoms with Crippen LogP contribution < -0.4 is 10.0 Å². The van der Waals surface area contributed by atoms with Gasteiger partial charge in [0.15, 0.2) is 0 Å². The maximum absolute atomic E-state index is 12.4. The minimum atomic E-state index is -3.46. The molecule has 0 saturated heterocycles. The Labute approximate surface area is 121 Å². The van der Waals surface area contributed by atoms with Gasteiger partial charge in [0.25, 0.3) is 0 Å². The second-order valence-corrected chi connectivity index (χ2v) is 7.45. The first kappa shape index (κ1) is 15.5. The van der Waals surface area contributed by atoms with Gasteiger partial charge in [0.1, 0.15) is 16.4 Å². The fraction of sp³-hybridized carbons (Fsp3) is 0.714. The highest BCUT2D eigenvalue weighted by atomic mass is 32.2. The minimum Gasteiger partial charge on any atom is -0.464 e. The van der Waals surface area contributed by atoms with E-state index in [4.69, 9.17) is 4.42 Å². The lowest BCUT2D eigenvalue weighted by atomic mass is 10.3. The molecule has 0 spiro atoms. The lowest BCUT2D eigenvalue weighted by molar-refractivity contribution is 0.443. The van der Waals surface area contributed by atoms with Gasteiger partial charge >= 0.3 is 0 Å². The normalized spacial score (nSPS) is 17.2. The van der Waals surface area contributed by atoms with Crippen molar-refractivity contribution in [1.82, 2.24) is 10.0 Å². The molecule has 2 N–H and O–H groups in total. The third kappa shape index (κ3) is 3.84. The molecule has 1 fully saturated rings. The Balaban J connectivity index is 2.10. The summed E-state index contributed by atoms with van der Waals surface area (Å²) in [5.74, 6) is 1.11. The summed E-state index contributed by atoms with van der Waals surface area (Å²) in [5, 5.41) is 3.22. The van der Waals surface area contributed by atoms with Gasteiger partial charge in [-0.15, -0.1) is 0 Å². The van der Waals surface area contributed by atoms with Crippen LogP contribution in [0.2, 0.25) is 0 Å². The smallest absolute Gasteiger partial charge is 0.244 e. The van der Waals surface area contributed by atoms with Crippen molar-refractivity contribution in [2.45, 2.75) is 70.0 Å². The third-order valence-corrected chi connectivity index (χ3v) is 5.20. The Morgan fingerprint density at radius 1 is 1.35 bits per heavy atom. The number of aryl methyl sites for hydroxylation is 1. The van der Waals surface area contributed by atoms with Crippen LogP contribution in [0.5, 0.6) is 0 Å². The predicted molar refractivity (Wildman–Crippen MR) is 78.0 cm³/mol. The number of sulfonamides is 1. The number of hydrogen-bond acceptors (Lipinski definition) is 4. The Kier molecular flexibility index (Phi) is 4.88. The molecular weight excluding hydrogens is 276 g/mol. The largest absolute Gasteiger partial charge is 0.464 e. The molecule has 0 amide bonds. The molecule has 0 unspecified atom stereocenters. The first-order chi connectivity index (χ1) is 9.38. The van der Waals surface area contributed by atoms with Gasteiger partial charge in [-0.3, -0.25) is 0 Å². The first-order valence-electron chi connectivity index (χ1n) is 7.23. The molecule has 1 heterocycles. The molecule has 0 aliphatic heterocycles. The van der Waals surface area contributed by atoms with Crippen molar-refractivity contribution in [2.24, 2.45) is 0 Å². The highest BCUT2D eigenvalue weighted by Gasteiger charge is 2.26. The van der Waals surface area contributed by atoms with E-state index in [2.05, 4.69) is 10.0 Å². The molecule has 20 heavy (non-hydrogen) atoms. The summed E-state index contributed by atoms with van der Waals surface area (Å²) < 4.78 is 33.1. The van der Waals surface area contributed by atoms with Crippen molar-refractivity contribution in [3.05, 3.63) is 17.6 Å². The van der Waals surface area contributed by atoms with Crippen molar-refractivity contribution < 1.29 is 12.8 Å². The highest BCUT2D eigenvalue weighted by molar-refractivity contribution is 7.89. The molecule has 1 aliphatic rings. The van der Waals surface area contributed by atoms with Gasteiger partial charge in [0, 0.05) is 18.2 Å². The zero-order chi connectivity index (χ0) is 14.8. The van der Waals surface area contributed by atoms with Crippen LogP contribution in [-0.2, 0) is 16.6 Å². The molecule has 1 saturated carbocycles. The number of nitrogens with one attached hydrogen (secondary N) is 2. The zero-order valence-electron chi connectivity index (χ0n) is 12.4. The summed E-state index contributed by atoms with van der Waals surface area (Å²) >= 11 is 0. The van der Waals surface area contributed by atoms with Gasteiger partial charge < -0.3 is 9.73 Å². The Morgan fingerprint density at radius 2 is 2.00 bits per heavy atom. The van der Waals surface area contributed by atoms with E-state index in [1.54, 1.807) is 13.0 Å². The van der Waals surface area contributed by atoms with E-state index in [0.717, 1.165) is 25.7 Å². The molecule has 0 aromatic carbocycles. The first-order valence-corrected chi connectivity index (χ1v) is 8.72. The SMILES string of the molecule is Cc1oc(CNC(C)C)cc1S(=O)(=O)NC1CCCC1. The van der Waals surface area contributed by atoms with Gasteiger partial charge in [0.2, 0.25) is 10.0 Å². The van der Waals surface area contributed by atoms with Crippen LogP contribution in [0, 0.1) is 6.92 Å². The van der Waals surface area contributed by atoms with E-state index in [-0.39, 0.29) is 10.9 Å². The summed E-state index contributed by atoms with van der Waals surface area (Å²) in [7, 11) is -3.46. The van der Waals surface area contributed by atoms with E-state index < -0.39 is 10.0 Å². The maximum atomic E-state index is 12.4. The topological polar surface area (TPSA) is 71.3 Å². The van der Waals surface area contributed by atoms with Crippen molar-refractivity contribution in [3.63, 3.8) is 0 Å². The standard InChI is InChI=1S/C14H24N2O3S/c1-10(2)15-9-13-8-14(11(3)19-13)20(17,18)16-12-6-4-5-7-12/h8,10,12,15-16H,4-7,9H2,1-3H3. The molecule has 0 bridgehead atoms. The Bertz CT molecular complexity index is 543. The van der Waals surface area contributed by atoms with Gasteiger partial charge in [-0.1, -0.05) is 26.7 Å². The molecule has 0 radical (unpaired) electrons. The monoisotopic (exact) mass is 300 g/mol. The van der Waals surface area contributed by atoms with Crippen molar-refractivity contribution in [1.29, 1.82) is 0 Å². The molecule has 114 valence electrons. The summed E-state index contributed by atoms with van der Waals surface area (Å²) in [6.45, 7) is 6.31. The van der Waals surface area contributed by atoms with Crippen molar-refractivity contribution >= 4 is 10.0 Å². The van der Waals surface area contributed by atoms with Crippen LogP contribution >= 0.6 is 0 Å². The molecular formula is C14H24N2O3S. The minimum absolute atomic E-state index is 0.0755. The summed E-state index contributed by atoms with van der Waals surface area (Å²) in [5.41, 5.74) is 0. The quantitative estimate of drug-likeness (QED) is 0.845. The molecule has 1 aliphatic carbocycles. The van der Waals surface area contributed by atoms with Crippen LogP contribution in [0.4, 0.5) is 0 Å². The van der Waals surface area contributed by atoms with E-state index in [9.17, 15) is 8.42 Å². The second-order valence-electron chi connectivity index (χ2n) is 5.77. The fourth-order valence-electron chi connectivity index (χ4n) is 2.51. The molecule has 6 heteroatoms. The highest BCUT2D eigenvalue weighted by Crippen LogP contribution is 2.24. The molecule has 5 nitrogen and oxygen atoms in total. The molecule has 1 aromatic rings. The lowest BCUT2D eigenvalue weighted by Gasteiger charge is -2.11. The second kappa shape index (κ2) is 6.28. The fourth-order valence-corrected chi connectivity index (χ4v) is 4.02. The average molecular weight is 300 g/mol. The maximum Gasteiger partial charge on any atom is 0.244 e. The third-order valence-electron chi connectivity index (χ3n) is 3.57. The molecule has 1 aromatic heterocycles. The van der Waals surface area contributed by atoms with Gasteiger partial charge in [0.05, 0.1) is 6.54 Å². The van der Waals surface area contributed by atoms with Gasteiger partial charge in [-0.05, 0) is 19.8 Å². The van der Waals surface area contributed by atoms with E-state index >= 15 is 0 Å². The van der Waals surface area contributed by atoms with Crippen molar-refractivity contribution in [2.75, 3.05) is 0 Å². The Hall–Kier alpha value is -0.850. The summed E-state index contributed by atoms with van der Waals surface area (Å²) in [6.07, 6.45) is 4.05. The van der Waals surface area contributed by atoms with Crippen molar-refractivity contribution in [3.8, 4) is 0 Å². The number of hydrogen-bond donors (Lipinski definition) is 2. The Morgan fingerprint density at radius 3 is 2.60 bits per heavy atom. The number of rotatable bonds is 6. The van der Waals surface area contributed by atoms with Crippen LogP contribution in [0.15, 0.2) is 15.4 Å². The molecule has 0 atom stereocenters. The number of furan rings is 1. The molecule has 2 rings (SSSR count). The lowest BCUT2D eigenvalue weighted by Crippen LogP contribution is -2.32. The van der Waals surface area contributed by atoms with E-state index in [1.807, 2.05) is 13.8 Å². The zero-order valence-corrected chi connectivity index (χ0v) is 13.2. The average Bonchev–Trinajstić information content (AvgIpc) is 2.95. The van der Waals surface area contributed by atoms with Crippen LogP contribution in [0.3, 0.4) is 0 Å². The van der Waals surface area contributed by atoms with Crippen LogP contribution in [0.1, 0.15) is 51.1 Å². The summed E-state index contributed by atoms with van der Waals surface area (Å²) in [6, 6.07) is 2.03. The van der Waals surface area contributed by atoms with Crippen LogP contribution in [-0.4, -0.2) is 20.5 Å².